The monoisotopic (exact) mass is 428 g/mol. The average molecular weight is 429 g/mol. The molecule has 4 rings (SSSR count). The van der Waals surface area contributed by atoms with Gasteiger partial charge in [-0.05, 0) is 99.2 Å². The molecule has 2 saturated carbocycles. The third-order valence-electron chi connectivity index (χ3n) is 9.58. The third-order valence-corrected chi connectivity index (χ3v) is 9.58. The molecule has 4 aliphatic carbocycles. The van der Waals surface area contributed by atoms with Crippen LogP contribution in [0.4, 0.5) is 0 Å². The molecule has 7 atom stereocenters. The highest BCUT2D eigenvalue weighted by molar-refractivity contribution is 5.45. The second-order valence-corrected chi connectivity index (χ2v) is 12.2. The highest BCUT2D eigenvalue weighted by atomic mass is 16.3. The highest BCUT2D eigenvalue weighted by Gasteiger charge is 2.73. The van der Waals surface area contributed by atoms with Gasteiger partial charge in [0.25, 0.3) is 0 Å². The Hall–Kier alpha value is -0.900. The topological polar surface area (TPSA) is 60.7 Å². The lowest BCUT2D eigenvalue weighted by molar-refractivity contribution is 0.0536. The molecular formula is C28H44O3. The molecule has 1 spiro atoms. The first-order valence-electron chi connectivity index (χ1n) is 12.6. The first-order chi connectivity index (χ1) is 14.5. The normalized spacial score (nSPS) is 41.2. The maximum absolute atomic E-state index is 10.2. The zero-order valence-corrected chi connectivity index (χ0v) is 20.3. The SMILES string of the molecule is CC1=C(/C=C\C2=CCC[C@]3(C)[C@@H](C(C)CCCC(C)(C)O)CC4CC243)C[C@@H](O)CC1O. The summed E-state index contributed by atoms with van der Waals surface area (Å²) in [6.07, 6.45) is 15.5. The Morgan fingerprint density at radius 1 is 1.23 bits per heavy atom. The number of aliphatic hydroxyl groups is 3. The van der Waals surface area contributed by atoms with Gasteiger partial charge in [-0.2, -0.15) is 0 Å². The van der Waals surface area contributed by atoms with Crippen molar-refractivity contribution in [3.63, 3.8) is 0 Å². The van der Waals surface area contributed by atoms with Gasteiger partial charge < -0.3 is 15.3 Å². The summed E-state index contributed by atoms with van der Waals surface area (Å²) in [5.74, 6) is 2.28. The minimum absolute atomic E-state index is 0.345. The van der Waals surface area contributed by atoms with Crippen LogP contribution in [-0.4, -0.2) is 33.1 Å². The van der Waals surface area contributed by atoms with E-state index in [9.17, 15) is 15.3 Å². The minimum atomic E-state index is -0.554. The van der Waals surface area contributed by atoms with E-state index in [0.717, 1.165) is 42.2 Å². The largest absolute Gasteiger partial charge is 0.393 e. The Kier molecular flexibility index (Phi) is 6.12. The van der Waals surface area contributed by atoms with Gasteiger partial charge in [0, 0.05) is 11.8 Å². The van der Waals surface area contributed by atoms with Crippen molar-refractivity contribution in [2.45, 2.75) is 110 Å². The molecule has 0 radical (unpaired) electrons. The van der Waals surface area contributed by atoms with Gasteiger partial charge in [0.05, 0.1) is 17.8 Å². The zero-order chi connectivity index (χ0) is 22.6. The summed E-state index contributed by atoms with van der Waals surface area (Å²) >= 11 is 0. The second-order valence-electron chi connectivity index (χ2n) is 12.2. The molecule has 2 fully saturated rings. The van der Waals surface area contributed by atoms with Gasteiger partial charge in [-0.3, -0.25) is 0 Å². The maximum Gasteiger partial charge on any atom is 0.0777 e. The lowest BCUT2D eigenvalue weighted by Crippen LogP contribution is -2.39. The summed E-state index contributed by atoms with van der Waals surface area (Å²) in [4.78, 5) is 0. The van der Waals surface area contributed by atoms with Crippen molar-refractivity contribution in [2.24, 2.45) is 28.6 Å². The second kappa shape index (κ2) is 8.15. The number of rotatable bonds is 7. The molecule has 31 heavy (non-hydrogen) atoms. The zero-order valence-electron chi connectivity index (χ0n) is 20.3. The molecule has 174 valence electrons. The molecule has 0 aliphatic heterocycles. The van der Waals surface area contributed by atoms with Crippen LogP contribution in [0.1, 0.15) is 92.4 Å². The van der Waals surface area contributed by atoms with E-state index in [0.29, 0.717) is 29.6 Å². The fourth-order valence-corrected chi connectivity index (χ4v) is 7.68. The summed E-state index contributed by atoms with van der Waals surface area (Å²) < 4.78 is 0. The summed E-state index contributed by atoms with van der Waals surface area (Å²) in [6, 6.07) is 0. The summed E-state index contributed by atoms with van der Waals surface area (Å²) in [7, 11) is 0. The molecular weight excluding hydrogens is 384 g/mol. The molecule has 0 saturated heterocycles. The van der Waals surface area contributed by atoms with E-state index >= 15 is 0 Å². The number of allylic oxidation sites excluding steroid dienone is 4. The Morgan fingerprint density at radius 2 is 1.97 bits per heavy atom. The molecule has 4 aliphatic rings. The Labute approximate surface area is 189 Å². The van der Waals surface area contributed by atoms with Gasteiger partial charge in [-0.1, -0.05) is 44.9 Å². The van der Waals surface area contributed by atoms with Crippen molar-refractivity contribution >= 4 is 0 Å². The highest BCUT2D eigenvalue weighted by Crippen LogP contribution is 2.80. The Balaban J connectivity index is 1.49. The first kappa shape index (κ1) is 23.3. The first-order valence-corrected chi connectivity index (χ1v) is 12.6. The fraction of sp³-hybridized carbons (Fsp3) is 0.786. The van der Waals surface area contributed by atoms with Gasteiger partial charge in [0.1, 0.15) is 0 Å². The number of aliphatic hydroxyl groups excluding tert-OH is 2. The quantitative estimate of drug-likeness (QED) is 0.487. The van der Waals surface area contributed by atoms with Crippen LogP contribution in [0.25, 0.3) is 0 Å². The van der Waals surface area contributed by atoms with Crippen LogP contribution >= 0.6 is 0 Å². The van der Waals surface area contributed by atoms with E-state index in [2.05, 4.69) is 32.1 Å². The van der Waals surface area contributed by atoms with Gasteiger partial charge in [0.15, 0.2) is 0 Å². The van der Waals surface area contributed by atoms with Gasteiger partial charge >= 0.3 is 0 Å². The molecule has 3 nitrogen and oxygen atoms in total. The fourth-order valence-electron chi connectivity index (χ4n) is 7.68. The molecule has 3 heteroatoms. The molecule has 0 amide bonds. The van der Waals surface area contributed by atoms with Crippen molar-refractivity contribution in [1.82, 2.24) is 0 Å². The Morgan fingerprint density at radius 3 is 2.68 bits per heavy atom. The van der Waals surface area contributed by atoms with Crippen LogP contribution in [0, 0.1) is 28.6 Å². The van der Waals surface area contributed by atoms with Crippen molar-refractivity contribution in [2.75, 3.05) is 0 Å². The van der Waals surface area contributed by atoms with Crippen LogP contribution in [-0.2, 0) is 0 Å². The van der Waals surface area contributed by atoms with E-state index in [4.69, 9.17) is 0 Å². The number of hydrogen-bond donors (Lipinski definition) is 3. The molecule has 0 aromatic rings. The van der Waals surface area contributed by atoms with Crippen molar-refractivity contribution in [1.29, 1.82) is 0 Å². The van der Waals surface area contributed by atoms with E-state index in [-0.39, 0.29) is 0 Å². The predicted molar refractivity (Wildman–Crippen MR) is 126 cm³/mol. The average Bonchev–Trinajstić information content (AvgIpc) is 3.32. The van der Waals surface area contributed by atoms with Gasteiger partial charge in [-0.25, -0.2) is 0 Å². The van der Waals surface area contributed by atoms with E-state index in [1.807, 2.05) is 20.8 Å². The standard InChI is InChI=1S/C28H44O3/c1-18(8-6-12-26(3,4)31)24-15-22-17-28(22)21(9-7-13-27(24,28)5)11-10-20-14-23(29)16-25(30)19(20)2/h9-11,18,22-25,29-31H,6-8,12-17H2,1-5H3/b11-10-/t18?,22?,23-,24-,25?,27-,28?/m1/s1. The summed E-state index contributed by atoms with van der Waals surface area (Å²) in [5.41, 5.74) is 3.82. The number of hydrogen-bond acceptors (Lipinski definition) is 3. The molecule has 3 N–H and O–H groups in total. The summed E-state index contributed by atoms with van der Waals surface area (Å²) in [6.45, 7) is 10.9. The van der Waals surface area contributed by atoms with Crippen molar-refractivity contribution in [3.05, 3.63) is 34.9 Å². The molecule has 0 aromatic heterocycles. The molecule has 0 aromatic carbocycles. The van der Waals surface area contributed by atoms with Crippen LogP contribution in [0.3, 0.4) is 0 Å². The minimum Gasteiger partial charge on any atom is -0.393 e. The molecule has 0 bridgehead atoms. The van der Waals surface area contributed by atoms with Crippen LogP contribution in [0.2, 0.25) is 0 Å². The molecule has 0 heterocycles. The maximum atomic E-state index is 10.2. The predicted octanol–water partition coefficient (Wildman–Crippen LogP) is 5.70. The van der Waals surface area contributed by atoms with E-state index in [1.54, 1.807) is 0 Å². The van der Waals surface area contributed by atoms with Gasteiger partial charge in [-0.15, -0.1) is 0 Å². The van der Waals surface area contributed by atoms with E-state index < -0.39 is 17.8 Å². The Bertz CT molecular complexity index is 785. The van der Waals surface area contributed by atoms with Crippen LogP contribution < -0.4 is 0 Å². The smallest absolute Gasteiger partial charge is 0.0777 e. The van der Waals surface area contributed by atoms with Crippen molar-refractivity contribution < 1.29 is 15.3 Å². The van der Waals surface area contributed by atoms with Crippen LogP contribution in [0.15, 0.2) is 34.9 Å². The molecule has 4 unspecified atom stereocenters. The lowest BCUT2D eigenvalue weighted by atomic mass is 9.58. The lowest BCUT2D eigenvalue weighted by Gasteiger charge is -2.46. The summed E-state index contributed by atoms with van der Waals surface area (Å²) in [5, 5.41) is 30.4. The third kappa shape index (κ3) is 4.11. The van der Waals surface area contributed by atoms with Gasteiger partial charge in [0.2, 0.25) is 0 Å². The van der Waals surface area contributed by atoms with E-state index in [1.165, 1.54) is 31.3 Å². The van der Waals surface area contributed by atoms with Crippen molar-refractivity contribution in [3.8, 4) is 0 Å². The van der Waals surface area contributed by atoms with Crippen LogP contribution in [0.5, 0.6) is 0 Å².